The summed E-state index contributed by atoms with van der Waals surface area (Å²) < 4.78 is 11.4. The normalized spacial score (nSPS) is 17.6. The van der Waals surface area contributed by atoms with Crippen molar-refractivity contribution < 1.29 is 9.47 Å². The third-order valence-corrected chi connectivity index (χ3v) is 5.93. The van der Waals surface area contributed by atoms with Crippen LogP contribution in [-0.2, 0) is 0 Å². The van der Waals surface area contributed by atoms with Crippen molar-refractivity contribution in [3.8, 4) is 23.6 Å². The first-order valence-corrected chi connectivity index (χ1v) is 9.05. The monoisotopic (exact) mass is 364 g/mol. The molecule has 28 heavy (non-hydrogen) atoms. The molecule has 3 aliphatic carbocycles. The van der Waals surface area contributed by atoms with Crippen molar-refractivity contribution >= 4 is 0 Å². The van der Waals surface area contributed by atoms with Gasteiger partial charge in [-0.1, -0.05) is 24.3 Å². The summed E-state index contributed by atoms with van der Waals surface area (Å²) in [6.07, 6.45) is 0. The van der Waals surface area contributed by atoms with E-state index in [0.29, 0.717) is 11.1 Å². The summed E-state index contributed by atoms with van der Waals surface area (Å²) >= 11 is 0. The van der Waals surface area contributed by atoms with E-state index in [1.54, 1.807) is 14.2 Å². The lowest BCUT2D eigenvalue weighted by Gasteiger charge is -2.43. The third-order valence-electron chi connectivity index (χ3n) is 5.93. The van der Waals surface area contributed by atoms with Crippen LogP contribution in [-0.4, -0.2) is 14.2 Å². The van der Waals surface area contributed by atoms with Gasteiger partial charge in [0, 0.05) is 23.0 Å². The van der Waals surface area contributed by atoms with Gasteiger partial charge in [0.2, 0.25) is 0 Å². The van der Waals surface area contributed by atoms with Crippen molar-refractivity contribution in [2.75, 3.05) is 14.2 Å². The van der Waals surface area contributed by atoms with Gasteiger partial charge in [-0.2, -0.15) is 10.5 Å². The molecule has 0 aromatic heterocycles. The average Bonchev–Trinajstić information content (AvgIpc) is 2.76. The molecule has 0 aliphatic heterocycles. The highest BCUT2D eigenvalue weighted by Crippen LogP contribution is 2.60. The van der Waals surface area contributed by atoms with Crippen molar-refractivity contribution in [1.29, 1.82) is 10.5 Å². The Bertz CT molecular complexity index is 1140. The van der Waals surface area contributed by atoms with Gasteiger partial charge in [0.1, 0.15) is 23.6 Å². The second kappa shape index (κ2) is 5.87. The maximum atomic E-state index is 9.55. The minimum absolute atomic E-state index is 0.0592. The van der Waals surface area contributed by atoms with Crippen LogP contribution >= 0.6 is 0 Å². The van der Waals surface area contributed by atoms with Crippen molar-refractivity contribution in [3.05, 3.63) is 93.0 Å². The summed E-state index contributed by atoms with van der Waals surface area (Å²) in [6.45, 7) is 0. The minimum atomic E-state index is -0.0592. The summed E-state index contributed by atoms with van der Waals surface area (Å²) in [5, 5.41) is 19.1. The Morgan fingerprint density at radius 1 is 0.679 bits per heavy atom. The fourth-order valence-electron chi connectivity index (χ4n) is 4.86. The minimum Gasteiger partial charge on any atom is -0.496 e. The predicted molar refractivity (Wildman–Crippen MR) is 104 cm³/mol. The molecule has 3 aromatic carbocycles. The second-order valence-corrected chi connectivity index (χ2v) is 7.04. The van der Waals surface area contributed by atoms with Gasteiger partial charge in [-0.15, -0.1) is 0 Å². The highest BCUT2D eigenvalue weighted by molar-refractivity contribution is 5.74. The van der Waals surface area contributed by atoms with Gasteiger partial charge >= 0.3 is 0 Å². The Kier molecular flexibility index (Phi) is 3.44. The van der Waals surface area contributed by atoms with Crippen molar-refractivity contribution in [2.45, 2.75) is 11.8 Å². The molecule has 4 heteroatoms. The van der Waals surface area contributed by atoms with E-state index >= 15 is 0 Å². The number of benzene rings is 3. The molecule has 0 unspecified atom stereocenters. The van der Waals surface area contributed by atoms with Crippen LogP contribution in [0.3, 0.4) is 0 Å². The van der Waals surface area contributed by atoms with E-state index in [0.717, 1.165) is 33.8 Å². The maximum absolute atomic E-state index is 9.55. The highest BCUT2D eigenvalue weighted by atomic mass is 16.5. The first-order valence-electron chi connectivity index (χ1n) is 9.05. The van der Waals surface area contributed by atoms with Crippen LogP contribution in [0.15, 0.2) is 48.5 Å². The summed E-state index contributed by atoms with van der Waals surface area (Å²) in [5.41, 5.74) is 7.57. The lowest BCUT2D eigenvalue weighted by molar-refractivity contribution is 0.389. The molecule has 0 radical (unpaired) electrons. The van der Waals surface area contributed by atoms with E-state index in [1.165, 1.54) is 11.1 Å². The van der Waals surface area contributed by atoms with E-state index in [1.807, 2.05) is 36.4 Å². The lowest BCUT2D eigenvalue weighted by Crippen LogP contribution is -2.29. The zero-order chi connectivity index (χ0) is 19.4. The Labute approximate surface area is 163 Å². The van der Waals surface area contributed by atoms with E-state index < -0.39 is 0 Å². The lowest BCUT2D eigenvalue weighted by atomic mass is 9.60. The largest absolute Gasteiger partial charge is 0.496 e. The molecular weight excluding hydrogens is 348 g/mol. The molecule has 0 heterocycles. The van der Waals surface area contributed by atoms with Gasteiger partial charge in [0.15, 0.2) is 0 Å². The SMILES string of the molecule is COc1ccc(OC)c2c1[C@@H]1c3ccccc3[C@H]2c2cc(C#N)c(C#N)cc21. The number of nitrogens with zero attached hydrogens (tertiary/aromatic N) is 2. The Hall–Kier alpha value is -3.76. The van der Waals surface area contributed by atoms with Crippen LogP contribution in [0.4, 0.5) is 0 Å². The molecule has 0 N–H and O–H groups in total. The van der Waals surface area contributed by atoms with Crippen LogP contribution in [0.25, 0.3) is 0 Å². The van der Waals surface area contributed by atoms with Gasteiger partial charge in [-0.25, -0.2) is 0 Å². The van der Waals surface area contributed by atoms with Crippen molar-refractivity contribution in [2.24, 2.45) is 0 Å². The molecule has 4 nitrogen and oxygen atoms in total. The molecule has 0 spiro atoms. The third kappa shape index (κ3) is 1.92. The number of methoxy groups -OCH3 is 2. The predicted octanol–water partition coefficient (Wildman–Crippen LogP) is 4.43. The maximum Gasteiger partial charge on any atom is 0.123 e. The molecule has 3 aromatic rings. The van der Waals surface area contributed by atoms with Crippen LogP contribution in [0, 0.1) is 22.7 Å². The molecular formula is C24H16N2O2. The molecule has 134 valence electrons. The van der Waals surface area contributed by atoms with Crippen molar-refractivity contribution in [1.82, 2.24) is 0 Å². The number of hydrogen-bond acceptors (Lipinski definition) is 4. The summed E-state index contributed by atoms with van der Waals surface area (Å²) in [4.78, 5) is 0. The van der Waals surface area contributed by atoms with Crippen molar-refractivity contribution in [3.63, 3.8) is 0 Å². The molecule has 3 aliphatic rings. The fourth-order valence-corrected chi connectivity index (χ4v) is 4.86. The molecule has 6 rings (SSSR count). The van der Waals surface area contributed by atoms with Gasteiger partial charge in [0.25, 0.3) is 0 Å². The Balaban J connectivity index is 1.93. The van der Waals surface area contributed by atoms with E-state index in [4.69, 9.17) is 9.47 Å². The first-order chi connectivity index (χ1) is 13.7. The van der Waals surface area contributed by atoms with Gasteiger partial charge in [-0.05, 0) is 46.5 Å². The summed E-state index contributed by atoms with van der Waals surface area (Å²) in [5.74, 6) is 1.51. The second-order valence-electron chi connectivity index (χ2n) is 7.04. The van der Waals surface area contributed by atoms with Gasteiger partial charge < -0.3 is 9.47 Å². The van der Waals surface area contributed by atoms with Gasteiger partial charge in [0.05, 0.1) is 25.3 Å². The zero-order valence-corrected chi connectivity index (χ0v) is 15.5. The van der Waals surface area contributed by atoms with Crippen LogP contribution in [0.2, 0.25) is 0 Å². The Morgan fingerprint density at radius 2 is 1.11 bits per heavy atom. The Morgan fingerprint density at radius 3 is 1.46 bits per heavy atom. The first kappa shape index (κ1) is 16.4. The fraction of sp³-hybridized carbons (Fsp3) is 0.167. The topological polar surface area (TPSA) is 66.0 Å². The molecule has 0 amide bonds. The standard InChI is InChI=1S/C24H16N2O2/c1-27-19-7-8-20(28-2)24-22-16-6-4-3-5-15(16)21(23(19)24)17-9-13(11-25)14(12-26)10-18(17)22/h3-10,21-22H,1-2H3/t21-,22+. The smallest absolute Gasteiger partial charge is 0.123 e. The number of hydrogen-bond donors (Lipinski definition) is 0. The van der Waals surface area contributed by atoms with E-state index in [9.17, 15) is 10.5 Å². The molecule has 0 saturated heterocycles. The highest BCUT2D eigenvalue weighted by Gasteiger charge is 2.45. The molecule has 2 atom stereocenters. The molecule has 0 saturated carbocycles. The molecule has 0 fully saturated rings. The van der Waals surface area contributed by atoms with Crippen LogP contribution < -0.4 is 9.47 Å². The summed E-state index contributed by atoms with van der Waals surface area (Å²) in [6, 6.07) is 20.4. The summed E-state index contributed by atoms with van der Waals surface area (Å²) in [7, 11) is 3.35. The van der Waals surface area contributed by atoms with Gasteiger partial charge in [-0.3, -0.25) is 0 Å². The number of ether oxygens (including phenoxy) is 2. The van der Waals surface area contributed by atoms with E-state index in [2.05, 4.69) is 24.3 Å². The van der Waals surface area contributed by atoms with E-state index in [-0.39, 0.29) is 11.8 Å². The zero-order valence-electron chi connectivity index (χ0n) is 15.5. The number of rotatable bonds is 2. The average molecular weight is 364 g/mol. The van der Waals surface area contributed by atoms with Crippen LogP contribution in [0.5, 0.6) is 11.5 Å². The quantitative estimate of drug-likeness (QED) is 0.465. The number of nitriles is 2. The van der Waals surface area contributed by atoms with Crippen LogP contribution in [0.1, 0.15) is 56.3 Å². The molecule has 2 bridgehead atoms.